The van der Waals surface area contributed by atoms with Gasteiger partial charge >= 0.3 is 0 Å². The molecular weight excluding hydrogens is 286 g/mol. The van der Waals surface area contributed by atoms with Crippen molar-refractivity contribution in [1.29, 1.82) is 0 Å². The first-order valence-corrected chi connectivity index (χ1v) is 9.98. The number of hydrogen-bond acceptors (Lipinski definition) is 3. The van der Waals surface area contributed by atoms with E-state index < -0.39 is 9.84 Å². The second-order valence-corrected chi connectivity index (χ2v) is 10.1. The van der Waals surface area contributed by atoms with E-state index in [0.29, 0.717) is 24.2 Å². The predicted octanol–water partition coefficient (Wildman–Crippen LogP) is 2.49. The summed E-state index contributed by atoms with van der Waals surface area (Å²) in [6.07, 6.45) is 4.39. The maximum Gasteiger partial charge on any atom is 0.222 e. The van der Waals surface area contributed by atoms with Crippen molar-refractivity contribution in [3.8, 4) is 0 Å². The van der Waals surface area contributed by atoms with E-state index in [9.17, 15) is 13.2 Å². The van der Waals surface area contributed by atoms with E-state index in [1.807, 2.05) is 4.90 Å². The summed E-state index contributed by atoms with van der Waals surface area (Å²) in [5.74, 6) is 1.34. The molecule has 0 N–H and O–H groups in total. The molecule has 0 bridgehead atoms. The van der Waals surface area contributed by atoms with Crippen LogP contribution in [0.5, 0.6) is 0 Å². The number of carbonyl (C=O) groups is 1. The van der Waals surface area contributed by atoms with E-state index in [-0.39, 0.29) is 23.3 Å². The number of likely N-dealkylation sites (tertiary alicyclic amines) is 1. The SMILES string of the molecule is CC(C)(C)[C@@H]1CCCN(C(=O)C[C@H]2CCS(=O)(=O)C2)CC1. The molecule has 2 fully saturated rings. The zero-order valence-electron chi connectivity index (χ0n) is 13.6. The maximum absolute atomic E-state index is 12.4. The van der Waals surface area contributed by atoms with E-state index in [2.05, 4.69) is 20.8 Å². The van der Waals surface area contributed by atoms with E-state index in [1.54, 1.807) is 0 Å². The first-order valence-electron chi connectivity index (χ1n) is 8.15. The van der Waals surface area contributed by atoms with Crippen molar-refractivity contribution in [2.45, 2.75) is 52.9 Å². The molecule has 21 heavy (non-hydrogen) atoms. The fourth-order valence-corrected chi connectivity index (χ4v) is 5.48. The third-order valence-electron chi connectivity index (χ3n) is 5.10. The lowest BCUT2D eigenvalue weighted by Crippen LogP contribution is -2.33. The summed E-state index contributed by atoms with van der Waals surface area (Å²) < 4.78 is 23.0. The Morgan fingerprint density at radius 2 is 1.86 bits per heavy atom. The Kier molecular flexibility index (Phi) is 5.01. The summed E-state index contributed by atoms with van der Waals surface area (Å²) in [4.78, 5) is 14.4. The molecule has 0 unspecified atom stereocenters. The summed E-state index contributed by atoms with van der Waals surface area (Å²) in [6, 6.07) is 0. The molecule has 0 aliphatic carbocycles. The lowest BCUT2D eigenvalue weighted by atomic mass is 9.77. The van der Waals surface area contributed by atoms with Gasteiger partial charge in [0.15, 0.2) is 9.84 Å². The minimum atomic E-state index is -2.88. The van der Waals surface area contributed by atoms with E-state index in [0.717, 1.165) is 25.9 Å². The first-order chi connectivity index (χ1) is 9.67. The molecule has 0 radical (unpaired) electrons. The van der Waals surface area contributed by atoms with Gasteiger partial charge in [0.2, 0.25) is 5.91 Å². The zero-order valence-corrected chi connectivity index (χ0v) is 14.4. The molecule has 0 aromatic heterocycles. The van der Waals surface area contributed by atoms with Gasteiger partial charge in [-0.1, -0.05) is 20.8 Å². The summed E-state index contributed by atoms with van der Waals surface area (Å²) >= 11 is 0. The Morgan fingerprint density at radius 3 is 2.43 bits per heavy atom. The summed E-state index contributed by atoms with van der Waals surface area (Å²) in [6.45, 7) is 8.50. The molecule has 2 saturated heterocycles. The van der Waals surface area contributed by atoms with Crippen LogP contribution in [0.1, 0.15) is 52.9 Å². The van der Waals surface area contributed by atoms with Crippen molar-refractivity contribution in [1.82, 2.24) is 4.90 Å². The van der Waals surface area contributed by atoms with Crippen molar-refractivity contribution in [2.75, 3.05) is 24.6 Å². The fraction of sp³-hybridized carbons (Fsp3) is 0.938. The van der Waals surface area contributed by atoms with Crippen LogP contribution in [0, 0.1) is 17.3 Å². The van der Waals surface area contributed by atoms with Gasteiger partial charge in [0.05, 0.1) is 11.5 Å². The fourth-order valence-electron chi connectivity index (χ4n) is 3.62. The predicted molar refractivity (Wildman–Crippen MR) is 84.8 cm³/mol. The molecule has 2 aliphatic heterocycles. The summed E-state index contributed by atoms with van der Waals surface area (Å²) in [7, 11) is -2.88. The van der Waals surface area contributed by atoms with Crippen LogP contribution >= 0.6 is 0 Å². The van der Waals surface area contributed by atoms with Gasteiger partial charge in [-0.15, -0.1) is 0 Å². The largest absolute Gasteiger partial charge is 0.343 e. The molecule has 2 rings (SSSR count). The van der Waals surface area contributed by atoms with Crippen LogP contribution in [0.2, 0.25) is 0 Å². The molecule has 2 aliphatic rings. The minimum absolute atomic E-state index is 0.0455. The van der Waals surface area contributed by atoms with Crippen LogP contribution in [0.4, 0.5) is 0 Å². The van der Waals surface area contributed by atoms with Crippen LogP contribution < -0.4 is 0 Å². The monoisotopic (exact) mass is 315 g/mol. The van der Waals surface area contributed by atoms with E-state index in [4.69, 9.17) is 0 Å². The Balaban J connectivity index is 1.86. The van der Waals surface area contributed by atoms with Crippen LogP contribution in [-0.4, -0.2) is 43.8 Å². The first kappa shape index (κ1) is 16.8. The standard InChI is InChI=1S/C16H29NO3S/c1-16(2,3)14-5-4-8-17(9-6-14)15(18)11-13-7-10-21(19,20)12-13/h13-14H,4-12H2,1-3H3/t13-,14-/m1/s1. The highest BCUT2D eigenvalue weighted by Crippen LogP contribution is 2.34. The molecule has 2 atom stereocenters. The van der Waals surface area contributed by atoms with Gasteiger partial charge in [0.25, 0.3) is 0 Å². The van der Waals surface area contributed by atoms with Gasteiger partial charge in [0.1, 0.15) is 0 Å². The Morgan fingerprint density at radius 1 is 1.14 bits per heavy atom. The second-order valence-electron chi connectivity index (χ2n) is 7.85. The Labute approximate surface area is 129 Å². The number of amides is 1. The third kappa shape index (κ3) is 4.70. The normalized spacial score (nSPS) is 30.1. The van der Waals surface area contributed by atoms with Crippen molar-refractivity contribution in [2.24, 2.45) is 17.3 Å². The van der Waals surface area contributed by atoms with Gasteiger partial charge in [-0.05, 0) is 42.9 Å². The highest BCUT2D eigenvalue weighted by molar-refractivity contribution is 7.91. The van der Waals surface area contributed by atoms with Crippen molar-refractivity contribution in [3.05, 3.63) is 0 Å². The van der Waals surface area contributed by atoms with Crippen LogP contribution in [0.3, 0.4) is 0 Å². The van der Waals surface area contributed by atoms with Gasteiger partial charge in [-0.3, -0.25) is 4.79 Å². The molecule has 4 nitrogen and oxygen atoms in total. The molecule has 2 heterocycles. The number of hydrogen-bond donors (Lipinski definition) is 0. The molecule has 5 heteroatoms. The highest BCUT2D eigenvalue weighted by Gasteiger charge is 2.32. The smallest absolute Gasteiger partial charge is 0.222 e. The molecule has 0 aromatic rings. The van der Waals surface area contributed by atoms with Crippen molar-refractivity contribution >= 4 is 15.7 Å². The third-order valence-corrected chi connectivity index (χ3v) is 6.93. The summed E-state index contributed by atoms with van der Waals surface area (Å²) in [5.41, 5.74) is 0.304. The number of rotatable bonds is 2. The lowest BCUT2D eigenvalue weighted by Gasteiger charge is -2.29. The maximum atomic E-state index is 12.4. The molecule has 0 saturated carbocycles. The Bertz CT molecular complexity index is 478. The molecule has 0 spiro atoms. The van der Waals surface area contributed by atoms with Crippen LogP contribution in [0.25, 0.3) is 0 Å². The van der Waals surface area contributed by atoms with Gasteiger partial charge in [0, 0.05) is 19.5 Å². The van der Waals surface area contributed by atoms with Crippen molar-refractivity contribution < 1.29 is 13.2 Å². The molecule has 1 amide bonds. The molecule has 0 aromatic carbocycles. The zero-order chi connectivity index (χ0) is 15.7. The topological polar surface area (TPSA) is 54.5 Å². The molecular formula is C16H29NO3S. The van der Waals surface area contributed by atoms with E-state index in [1.165, 1.54) is 6.42 Å². The van der Waals surface area contributed by atoms with Gasteiger partial charge < -0.3 is 4.90 Å². The molecule has 122 valence electrons. The average molecular weight is 315 g/mol. The van der Waals surface area contributed by atoms with Crippen LogP contribution in [0.15, 0.2) is 0 Å². The van der Waals surface area contributed by atoms with Gasteiger partial charge in [-0.25, -0.2) is 8.42 Å². The summed E-state index contributed by atoms with van der Waals surface area (Å²) in [5, 5.41) is 0. The second kappa shape index (κ2) is 6.27. The van der Waals surface area contributed by atoms with Crippen molar-refractivity contribution in [3.63, 3.8) is 0 Å². The quantitative estimate of drug-likeness (QED) is 0.786. The van der Waals surface area contributed by atoms with Gasteiger partial charge in [-0.2, -0.15) is 0 Å². The number of nitrogens with zero attached hydrogens (tertiary/aromatic N) is 1. The number of sulfone groups is 1. The highest BCUT2D eigenvalue weighted by atomic mass is 32.2. The van der Waals surface area contributed by atoms with E-state index >= 15 is 0 Å². The Hall–Kier alpha value is -0.580. The minimum Gasteiger partial charge on any atom is -0.343 e. The number of carbonyl (C=O) groups excluding carboxylic acids is 1. The lowest BCUT2D eigenvalue weighted by molar-refractivity contribution is -0.132. The average Bonchev–Trinajstić information content (AvgIpc) is 2.59. The van der Waals surface area contributed by atoms with Crippen LogP contribution in [-0.2, 0) is 14.6 Å².